The second kappa shape index (κ2) is 10.4. The summed E-state index contributed by atoms with van der Waals surface area (Å²) < 4.78 is 10.7. The third kappa shape index (κ3) is 5.22. The molecule has 1 aromatic carbocycles. The monoisotopic (exact) mass is 463 g/mol. The van der Waals surface area contributed by atoms with Gasteiger partial charge in [-0.3, -0.25) is 19.3 Å². The molecule has 0 spiro atoms. The Balaban J connectivity index is 1.66. The van der Waals surface area contributed by atoms with Gasteiger partial charge in [-0.2, -0.15) is 0 Å². The fourth-order valence-electron chi connectivity index (χ4n) is 4.22. The van der Waals surface area contributed by atoms with Crippen LogP contribution in [0.1, 0.15) is 59.2 Å². The number of hydrogen-bond donors (Lipinski definition) is 2. The molecular weight excluding hydrogens is 434 g/mol. The van der Waals surface area contributed by atoms with Gasteiger partial charge in [0.15, 0.2) is 11.8 Å². The number of amides is 3. The number of furan rings is 2. The van der Waals surface area contributed by atoms with Gasteiger partial charge in [0.1, 0.15) is 5.76 Å². The summed E-state index contributed by atoms with van der Waals surface area (Å²) >= 11 is 0. The van der Waals surface area contributed by atoms with E-state index in [4.69, 9.17) is 8.83 Å². The Hall–Kier alpha value is -3.81. The highest BCUT2D eigenvalue weighted by Crippen LogP contribution is 2.30. The number of nitrogens with zero attached hydrogens (tertiary/aromatic N) is 1. The van der Waals surface area contributed by atoms with E-state index in [2.05, 4.69) is 10.6 Å². The standard InChI is InChI=1S/C26H29N3O5/c1-17-11-12-20(15-18(17)2)29(23(30)16-27-25(31)22-10-6-14-34-22)24(21-9-5-13-33-21)26(32)28-19-7-3-4-8-19/h5-6,9-15,19,24H,3-4,7-8,16H2,1-2H3,(H,27,31)(H,28,32). The Morgan fingerprint density at radius 3 is 2.38 bits per heavy atom. The van der Waals surface area contributed by atoms with Crippen molar-refractivity contribution in [2.75, 3.05) is 11.4 Å². The van der Waals surface area contributed by atoms with Crippen LogP contribution in [0.2, 0.25) is 0 Å². The number of aryl methyl sites for hydroxylation is 2. The molecule has 0 bridgehead atoms. The highest BCUT2D eigenvalue weighted by atomic mass is 16.3. The Morgan fingerprint density at radius 1 is 1.00 bits per heavy atom. The largest absolute Gasteiger partial charge is 0.467 e. The topological polar surface area (TPSA) is 105 Å². The van der Waals surface area contributed by atoms with Crippen LogP contribution in [0.4, 0.5) is 5.69 Å². The first-order valence-electron chi connectivity index (χ1n) is 11.5. The van der Waals surface area contributed by atoms with Gasteiger partial charge in [-0.1, -0.05) is 18.9 Å². The first-order valence-corrected chi connectivity index (χ1v) is 11.5. The molecule has 0 aliphatic heterocycles. The lowest BCUT2D eigenvalue weighted by Crippen LogP contribution is -2.49. The molecule has 0 radical (unpaired) electrons. The highest BCUT2D eigenvalue weighted by Gasteiger charge is 2.36. The van der Waals surface area contributed by atoms with Crippen LogP contribution in [-0.2, 0) is 9.59 Å². The van der Waals surface area contributed by atoms with E-state index in [-0.39, 0.29) is 24.3 Å². The predicted molar refractivity (Wildman–Crippen MR) is 126 cm³/mol. The lowest BCUT2D eigenvalue weighted by Gasteiger charge is -2.31. The van der Waals surface area contributed by atoms with Crippen molar-refractivity contribution < 1.29 is 23.2 Å². The number of carbonyl (C=O) groups is 3. The zero-order valence-corrected chi connectivity index (χ0v) is 19.4. The average Bonchev–Trinajstić information content (AvgIpc) is 3.61. The van der Waals surface area contributed by atoms with Crippen LogP contribution in [0.15, 0.2) is 63.8 Å². The van der Waals surface area contributed by atoms with Gasteiger partial charge >= 0.3 is 0 Å². The van der Waals surface area contributed by atoms with E-state index in [1.165, 1.54) is 23.5 Å². The van der Waals surface area contributed by atoms with Crippen molar-refractivity contribution in [2.24, 2.45) is 0 Å². The normalized spacial score (nSPS) is 14.5. The summed E-state index contributed by atoms with van der Waals surface area (Å²) in [6, 6.07) is 11.1. The summed E-state index contributed by atoms with van der Waals surface area (Å²) in [6.45, 7) is 3.60. The molecule has 2 aromatic heterocycles. The number of hydrogen-bond acceptors (Lipinski definition) is 5. The van der Waals surface area contributed by atoms with Gasteiger partial charge in [-0.25, -0.2) is 0 Å². The van der Waals surface area contributed by atoms with E-state index in [9.17, 15) is 14.4 Å². The summed E-state index contributed by atoms with van der Waals surface area (Å²) in [5.74, 6) is -0.827. The quantitative estimate of drug-likeness (QED) is 0.524. The number of benzene rings is 1. The molecule has 4 rings (SSSR count). The Labute approximate surface area is 198 Å². The molecule has 2 heterocycles. The second-order valence-corrected chi connectivity index (χ2v) is 8.60. The van der Waals surface area contributed by atoms with E-state index in [0.717, 1.165) is 36.8 Å². The second-order valence-electron chi connectivity index (χ2n) is 8.60. The minimum Gasteiger partial charge on any atom is -0.467 e. The molecule has 1 unspecified atom stereocenters. The molecule has 1 atom stereocenters. The molecule has 1 saturated carbocycles. The Morgan fingerprint density at radius 2 is 1.74 bits per heavy atom. The van der Waals surface area contributed by atoms with Crippen LogP contribution in [0.5, 0.6) is 0 Å². The first-order chi connectivity index (χ1) is 16.4. The van der Waals surface area contributed by atoms with Crippen LogP contribution in [0.25, 0.3) is 0 Å². The van der Waals surface area contributed by atoms with Gasteiger partial charge < -0.3 is 19.5 Å². The molecule has 8 nitrogen and oxygen atoms in total. The van der Waals surface area contributed by atoms with Gasteiger partial charge in [0.25, 0.3) is 11.8 Å². The van der Waals surface area contributed by atoms with E-state index in [1.54, 1.807) is 24.3 Å². The minimum atomic E-state index is -1.02. The minimum absolute atomic E-state index is 0.0697. The van der Waals surface area contributed by atoms with Crippen LogP contribution in [-0.4, -0.2) is 30.3 Å². The molecule has 0 saturated heterocycles. The average molecular weight is 464 g/mol. The lowest BCUT2D eigenvalue weighted by molar-refractivity contribution is -0.127. The molecule has 178 valence electrons. The van der Waals surface area contributed by atoms with Crippen molar-refractivity contribution >= 4 is 23.4 Å². The SMILES string of the molecule is Cc1ccc(N(C(=O)CNC(=O)c2ccco2)C(C(=O)NC2CCCC2)c2ccco2)cc1C. The van der Waals surface area contributed by atoms with Gasteiger partial charge in [0, 0.05) is 11.7 Å². The molecule has 3 amide bonds. The molecule has 8 heteroatoms. The summed E-state index contributed by atoms with van der Waals surface area (Å²) in [5.41, 5.74) is 2.58. The molecule has 34 heavy (non-hydrogen) atoms. The zero-order chi connectivity index (χ0) is 24.1. The van der Waals surface area contributed by atoms with Crippen molar-refractivity contribution in [1.82, 2.24) is 10.6 Å². The molecular formula is C26H29N3O5. The summed E-state index contributed by atoms with van der Waals surface area (Å²) in [7, 11) is 0. The maximum absolute atomic E-state index is 13.6. The van der Waals surface area contributed by atoms with Gasteiger partial charge in [0.05, 0.1) is 19.1 Å². The van der Waals surface area contributed by atoms with Crippen molar-refractivity contribution in [3.05, 3.63) is 77.6 Å². The lowest BCUT2D eigenvalue weighted by atomic mass is 10.1. The number of carbonyl (C=O) groups excluding carboxylic acids is 3. The third-order valence-electron chi connectivity index (χ3n) is 6.20. The van der Waals surface area contributed by atoms with E-state index in [0.29, 0.717) is 11.4 Å². The van der Waals surface area contributed by atoms with Crippen molar-refractivity contribution in [3.8, 4) is 0 Å². The molecule has 1 aliphatic carbocycles. The molecule has 3 aromatic rings. The molecule has 2 N–H and O–H groups in total. The number of nitrogens with one attached hydrogen (secondary N) is 2. The smallest absolute Gasteiger partial charge is 0.287 e. The van der Waals surface area contributed by atoms with Crippen LogP contribution in [0, 0.1) is 13.8 Å². The van der Waals surface area contributed by atoms with E-state index >= 15 is 0 Å². The zero-order valence-electron chi connectivity index (χ0n) is 19.4. The van der Waals surface area contributed by atoms with Gasteiger partial charge in [-0.05, 0) is 74.2 Å². The first kappa shape index (κ1) is 23.4. The fraction of sp³-hybridized carbons (Fsp3) is 0.346. The van der Waals surface area contributed by atoms with Crippen LogP contribution >= 0.6 is 0 Å². The fourth-order valence-corrected chi connectivity index (χ4v) is 4.22. The predicted octanol–water partition coefficient (Wildman–Crippen LogP) is 4.05. The van der Waals surface area contributed by atoms with E-state index < -0.39 is 17.9 Å². The Bertz CT molecular complexity index is 1130. The summed E-state index contributed by atoms with van der Waals surface area (Å²) in [5, 5.41) is 5.68. The van der Waals surface area contributed by atoms with Gasteiger partial charge in [-0.15, -0.1) is 0 Å². The summed E-state index contributed by atoms with van der Waals surface area (Å²) in [6.07, 6.45) is 6.82. The van der Waals surface area contributed by atoms with Crippen molar-refractivity contribution in [2.45, 2.75) is 51.6 Å². The van der Waals surface area contributed by atoms with Crippen LogP contribution in [0.3, 0.4) is 0 Å². The van der Waals surface area contributed by atoms with Crippen LogP contribution < -0.4 is 15.5 Å². The molecule has 1 fully saturated rings. The third-order valence-corrected chi connectivity index (χ3v) is 6.20. The Kier molecular flexibility index (Phi) is 7.15. The number of anilines is 1. The number of rotatable bonds is 8. The maximum Gasteiger partial charge on any atom is 0.287 e. The maximum atomic E-state index is 13.6. The highest BCUT2D eigenvalue weighted by molar-refractivity contribution is 6.04. The van der Waals surface area contributed by atoms with Crippen molar-refractivity contribution in [1.29, 1.82) is 0 Å². The molecule has 1 aliphatic rings. The van der Waals surface area contributed by atoms with Gasteiger partial charge in [0.2, 0.25) is 5.91 Å². The van der Waals surface area contributed by atoms with Crippen molar-refractivity contribution in [3.63, 3.8) is 0 Å². The van der Waals surface area contributed by atoms with E-state index in [1.807, 2.05) is 26.0 Å². The summed E-state index contributed by atoms with van der Waals surface area (Å²) in [4.78, 5) is 40.8.